The van der Waals surface area contributed by atoms with Gasteiger partial charge in [0.15, 0.2) is 0 Å². The van der Waals surface area contributed by atoms with Crippen molar-refractivity contribution >= 4 is 45.8 Å². The minimum absolute atomic E-state index is 0. The van der Waals surface area contributed by atoms with E-state index in [4.69, 9.17) is 5.84 Å². The molecule has 0 saturated carbocycles. The highest BCUT2D eigenvalue weighted by atomic mass is 35.5. The van der Waals surface area contributed by atoms with Crippen LogP contribution >= 0.6 is 34.0 Å². The molecular weight excluding hydrogens is 320 g/mol. The van der Waals surface area contributed by atoms with E-state index < -0.39 is 0 Å². The molecule has 1 heterocycles. The molecular formula is C11H17ClN4O2S2. The van der Waals surface area contributed by atoms with Crippen molar-refractivity contribution in [1.29, 1.82) is 0 Å². The predicted molar refractivity (Wildman–Crippen MR) is 84.4 cm³/mol. The molecule has 20 heavy (non-hydrogen) atoms. The van der Waals surface area contributed by atoms with Crippen LogP contribution < -0.4 is 16.6 Å². The molecule has 0 aliphatic heterocycles. The summed E-state index contributed by atoms with van der Waals surface area (Å²) in [6.45, 7) is 0.305. The third-order valence-electron chi connectivity index (χ3n) is 2.03. The molecule has 1 aromatic rings. The van der Waals surface area contributed by atoms with Gasteiger partial charge in [-0.2, -0.15) is 0 Å². The number of amides is 2. The third kappa shape index (κ3) is 9.03. The Kier molecular flexibility index (Phi) is 11.3. The van der Waals surface area contributed by atoms with E-state index in [-0.39, 0.29) is 30.6 Å². The topological polar surface area (TPSA) is 97.1 Å². The van der Waals surface area contributed by atoms with Crippen LogP contribution in [-0.2, 0) is 9.59 Å². The van der Waals surface area contributed by atoms with Crippen LogP contribution in [0, 0.1) is 0 Å². The zero-order valence-electron chi connectivity index (χ0n) is 10.7. The van der Waals surface area contributed by atoms with E-state index in [0.29, 0.717) is 18.7 Å². The third-order valence-corrected chi connectivity index (χ3v) is 4.30. The van der Waals surface area contributed by atoms with Crippen LogP contribution in [0.2, 0.25) is 0 Å². The van der Waals surface area contributed by atoms with Crippen molar-refractivity contribution in [3.05, 3.63) is 24.4 Å². The van der Waals surface area contributed by atoms with Gasteiger partial charge in [-0.05, 0) is 22.9 Å². The zero-order chi connectivity index (χ0) is 13.9. The van der Waals surface area contributed by atoms with E-state index in [0.717, 1.165) is 5.03 Å². The van der Waals surface area contributed by atoms with Gasteiger partial charge >= 0.3 is 0 Å². The summed E-state index contributed by atoms with van der Waals surface area (Å²) >= 11 is 0. The first-order chi connectivity index (χ1) is 9.22. The molecule has 0 unspecified atom stereocenters. The number of hydrazine groups is 1. The molecule has 1 rings (SSSR count). The Morgan fingerprint density at radius 1 is 1.25 bits per heavy atom. The molecule has 0 aliphatic rings. The highest BCUT2D eigenvalue weighted by molar-refractivity contribution is 8.76. The van der Waals surface area contributed by atoms with E-state index in [1.165, 1.54) is 10.8 Å². The Morgan fingerprint density at radius 3 is 2.70 bits per heavy atom. The second-order valence-electron chi connectivity index (χ2n) is 3.49. The van der Waals surface area contributed by atoms with Gasteiger partial charge in [-0.3, -0.25) is 15.0 Å². The van der Waals surface area contributed by atoms with E-state index >= 15 is 0 Å². The smallest absolute Gasteiger partial charge is 0.235 e. The fourth-order valence-electron chi connectivity index (χ4n) is 1.11. The summed E-state index contributed by atoms with van der Waals surface area (Å²) in [6, 6.07) is 5.70. The first-order valence-corrected chi connectivity index (χ1v) is 8.01. The van der Waals surface area contributed by atoms with E-state index in [2.05, 4.69) is 10.3 Å². The average Bonchev–Trinajstić information content (AvgIpc) is 2.44. The van der Waals surface area contributed by atoms with Gasteiger partial charge in [-0.25, -0.2) is 10.8 Å². The number of pyridine rings is 1. The molecule has 0 radical (unpaired) electrons. The summed E-state index contributed by atoms with van der Waals surface area (Å²) in [4.78, 5) is 26.4. The van der Waals surface area contributed by atoms with E-state index in [1.54, 1.807) is 17.0 Å². The molecule has 4 N–H and O–H groups in total. The molecule has 9 heteroatoms. The van der Waals surface area contributed by atoms with Gasteiger partial charge in [0.05, 0.1) is 0 Å². The van der Waals surface area contributed by atoms with Gasteiger partial charge < -0.3 is 5.32 Å². The molecule has 112 valence electrons. The molecule has 0 bridgehead atoms. The second kappa shape index (κ2) is 11.8. The molecule has 0 aromatic carbocycles. The van der Waals surface area contributed by atoms with Crippen molar-refractivity contribution in [3.63, 3.8) is 0 Å². The van der Waals surface area contributed by atoms with Gasteiger partial charge in [0, 0.05) is 31.3 Å². The fourth-order valence-corrected chi connectivity index (χ4v) is 2.98. The molecule has 0 atom stereocenters. The summed E-state index contributed by atoms with van der Waals surface area (Å²) in [7, 11) is 3.11. The number of nitrogens with one attached hydrogen (secondary N) is 2. The maximum absolute atomic E-state index is 11.4. The monoisotopic (exact) mass is 336 g/mol. The van der Waals surface area contributed by atoms with E-state index in [9.17, 15) is 9.59 Å². The highest BCUT2D eigenvalue weighted by Gasteiger charge is 2.03. The minimum Gasteiger partial charge on any atom is -0.356 e. The van der Waals surface area contributed by atoms with Crippen molar-refractivity contribution in [3.8, 4) is 0 Å². The van der Waals surface area contributed by atoms with Crippen LogP contribution in [0.25, 0.3) is 0 Å². The lowest BCUT2D eigenvalue weighted by atomic mass is 10.4. The lowest BCUT2D eigenvalue weighted by Gasteiger charge is -2.04. The molecule has 0 aliphatic carbocycles. The summed E-state index contributed by atoms with van der Waals surface area (Å²) < 4.78 is 0. The maximum atomic E-state index is 11.4. The molecule has 2 amide bonds. The Labute approximate surface area is 131 Å². The van der Waals surface area contributed by atoms with Gasteiger partial charge in [0.25, 0.3) is 0 Å². The number of aromatic nitrogens is 1. The van der Waals surface area contributed by atoms with Gasteiger partial charge in [0.2, 0.25) is 11.8 Å². The first kappa shape index (κ1) is 19.0. The number of hydrogen-bond acceptors (Lipinski definition) is 6. The summed E-state index contributed by atoms with van der Waals surface area (Å²) in [5.41, 5.74) is 2.00. The van der Waals surface area contributed by atoms with E-state index in [1.807, 2.05) is 23.6 Å². The molecule has 6 nitrogen and oxygen atoms in total. The molecule has 0 fully saturated rings. The standard InChI is InChI=1S/C11H16N4O2S2.ClH/c12-15-10(17)4-7-13-9(16)5-8-18-19-11-3-1-2-6-14-11;/h1-3,6H,4-5,7-8,12H2,(H,13,16)(H,15,17);1H. The predicted octanol–water partition coefficient (Wildman–Crippen LogP) is 1.13. The maximum Gasteiger partial charge on any atom is 0.235 e. The van der Waals surface area contributed by atoms with Crippen molar-refractivity contribution in [1.82, 2.24) is 15.7 Å². The van der Waals surface area contributed by atoms with Gasteiger partial charge in [-0.15, -0.1) is 12.4 Å². The average molecular weight is 337 g/mol. The van der Waals surface area contributed by atoms with Crippen molar-refractivity contribution < 1.29 is 9.59 Å². The normalized spacial score (nSPS) is 9.45. The minimum atomic E-state index is -0.291. The molecule has 0 spiro atoms. The van der Waals surface area contributed by atoms with Gasteiger partial charge in [0.1, 0.15) is 5.03 Å². The van der Waals surface area contributed by atoms with Crippen LogP contribution in [0.3, 0.4) is 0 Å². The molecule has 1 aromatic heterocycles. The number of rotatable bonds is 8. The summed E-state index contributed by atoms with van der Waals surface area (Å²) in [6.07, 6.45) is 2.34. The first-order valence-electron chi connectivity index (χ1n) is 5.69. The lowest BCUT2D eigenvalue weighted by molar-refractivity contribution is -0.122. The number of nitrogens with two attached hydrogens (primary N) is 1. The van der Waals surface area contributed by atoms with Crippen LogP contribution in [0.5, 0.6) is 0 Å². The van der Waals surface area contributed by atoms with Crippen molar-refractivity contribution in [2.24, 2.45) is 5.84 Å². The SMILES string of the molecule is Cl.NNC(=O)CCNC(=O)CCSSc1ccccn1. The Morgan fingerprint density at radius 2 is 2.05 bits per heavy atom. The lowest BCUT2D eigenvalue weighted by Crippen LogP contribution is -2.34. The Bertz CT molecular complexity index is 409. The summed E-state index contributed by atoms with van der Waals surface area (Å²) in [5, 5.41) is 3.58. The van der Waals surface area contributed by atoms with Gasteiger partial charge in [-0.1, -0.05) is 16.9 Å². The van der Waals surface area contributed by atoms with Crippen LogP contribution in [0.1, 0.15) is 12.8 Å². The van der Waals surface area contributed by atoms with Crippen LogP contribution in [0.4, 0.5) is 0 Å². The number of carbonyl (C=O) groups is 2. The van der Waals surface area contributed by atoms with Crippen LogP contribution in [-0.4, -0.2) is 29.1 Å². The Balaban J connectivity index is 0.00000361. The van der Waals surface area contributed by atoms with Crippen LogP contribution in [0.15, 0.2) is 29.4 Å². The number of hydrogen-bond donors (Lipinski definition) is 3. The molecule has 0 saturated heterocycles. The Hall–Kier alpha value is -0.960. The quantitative estimate of drug-likeness (QED) is 0.216. The number of nitrogens with zero attached hydrogens (tertiary/aromatic N) is 1. The van der Waals surface area contributed by atoms with Crippen molar-refractivity contribution in [2.75, 3.05) is 12.3 Å². The zero-order valence-corrected chi connectivity index (χ0v) is 13.2. The largest absolute Gasteiger partial charge is 0.356 e. The second-order valence-corrected chi connectivity index (χ2v) is 5.93. The number of halogens is 1. The highest BCUT2D eigenvalue weighted by Crippen LogP contribution is 2.29. The van der Waals surface area contributed by atoms with Crippen molar-refractivity contribution in [2.45, 2.75) is 17.9 Å². The number of carbonyl (C=O) groups excluding carboxylic acids is 2. The summed E-state index contributed by atoms with van der Waals surface area (Å²) in [5.74, 6) is 5.25. The fraction of sp³-hybridized carbons (Fsp3) is 0.364.